The highest BCUT2D eigenvalue weighted by atomic mass is 19.3. The Morgan fingerprint density at radius 3 is 2.48 bits per heavy atom. The Kier molecular flexibility index (Phi) is 4.66. The average molecular weight is 290 g/mol. The molecule has 0 fully saturated rings. The van der Waals surface area contributed by atoms with Gasteiger partial charge in [-0.1, -0.05) is 18.2 Å². The van der Waals surface area contributed by atoms with E-state index in [1.807, 2.05) is 0 Å². The van der Waals surface area contributed by atoms with Crippen molar-refractivity contribution in [2.75, 3.05) is 0 Å². The number of allylic oxidation sites excluding steroid dienone is 1. The van der Waals surface area contributed by atoms with E-state index in [9.17, 15) is 18.7 Å². The standard InChI is InChI=1S/C16H12F2O3/c17-16(18)21-14-7-5-12(6-8-14)15(20)9-4-11-2-1-3-13(19)10-11/h1-10,16,19H/b9-4+. The first kappa shape index (κ1) is 14.7. The molecule has 2 aromatic carbocycles. The van der Waals surface area contributed by atoms with Crippen molar-refractivity contribution in [2.45, 2.75) is 6.61 Å². The van der Waals surface area contributed by atoms with Gasteiger partial charge in [-0.25, -0.2) is 0 Å². The van der Waals surface area contributed by atoms with Crippen molar-refractivity contribution in [1.82, 2.24) is 0 Å². The van der Waals surface area contributed by atoms with Gasteiger partial charge in [0.25, 0.3) is 0 Å². The minimum absolute atomic E-state index is 0.00138. The van der Waals surface area contributed by atoms with E-state index in [1.54, 1.807) is 18.2 Å². The highest BCUT2D eigenvalue weighted by Crippen LogP contribution is 2.16. The molecular formula is C16H12F2O3. The van der Waals surface area contributed by atoms with Gasteiger partial charge in [0.05, 0.1) is 0 Å². The molecule has 1 N–H and O–H groups in total. The second kappa shape index (κ2) is 6.65. The van der Waals surface area contributed by atoms with Crippen LogP contribution in [0.5, 0.6) is 11.5 Å². The number of hydrogen-bond donors (Lipinski definition) is 1. The summed E-state index contributed by atoms with van der Waals surface area (Å²) in [6.45, 7) is -2.89. The molecule has 108 valence electrons. The van der Waals surface area contributed by atoms with Gasteiger partial charge in [0.2, 0.25) is 0 Å². The van der Waals surface area contributed by atoms with Crippen LogP contribution in [0.25, 0.3) is 6.08 Å². The third-order valence-electron chi connectivity index (χ3n) is 2.66. The van der Waals surface area contributed by atoms with Crippen molar-refractivity contribution in [2.24, 2.45) is 0 Å². The Bertz CT molecular complexity index is 649. The molecule has 0 saturated heterocycles. The Morgan fingerprint density at radius 2 is 1.86 bits per heavy atom. The smallest absolute Gasteiger partial charge is 0.387 e. The van der Waals surface area contributed by atoms with Gasteiger partial charge in [0.15, 0.2) is 5.78 Å². The van der Waals surface area contributed by atoms with Gasteiger partial charge in [0, 0.05) is 5.56 Å². The predicted molar refractivity (Wildman–Crippen MR) is 74.5 cm³/mol. The molecule has 0 aliphatic carbocycles. The summed E-state index contributed by atoms with van der Waals surface area (Å²) in [6.07, 6.45) is 2.91. The topological polar surface area (TPSA) is 46.5 Å². The van der Waals surface area contributed by atoms with Crippen molar-refractivity contribution in [3.63, 3.8) is 0 Å². The van der Waals surface area contributed by atoms with E-state index in [0.717, 1.165) is 0 Å². The predicted octanol–water partition coefficient (Wildman–Crippen LogP) is 3.89. The normalized spacial score (nSPS) is 11.0. The fourth-order valence-electron chi connectivity index (χ4n) is 1.70. The lowest BCUT2D eigenvalue weighted by Crippen LogP contribution is -2.02. The molecule has 3 nitrogen and oxygen atoms in total. The van der Waals surface area contributed by atoms with E-state index in [4.69, 9.17) is 0 Å². The summed E-state index contributed by atoms with van der Waals surface area (Å²) in [6, 6.07) is 11.9. The number of hydrogen-bond acceptors (Lipinski definition) is 3. The van der Waals surface area contributed by atoms with Crippen LogP contribution in [0.2, 0.25) is 0 Å². The van der Waals surface area contributed by atoms with Gasteiger partial charge in [-0.15, -0.1) is 0 Å². The van der Waals surface area contributed by atoms with E-state index < -0.39 is 6.61 Å². The van der Waals surface area contributed by atoms with Gasteiger partial charge in [0.1, 0.15) is 11.5 Å². The molecule has 5 heteroatoms. The van der Waals surface area contributed by atoms with E-state index in [1.165, 1.54) is 42.5 Å². The van der Waals surface area contributed by atoms with Gasteiger partial charge in [-0.05, 0) is 48.0 Å². The second-order valence-corrected chi connectivity index (χ2v) is 4.20. The minimum atomic E-state index is -2.89. The summed E-state index contributed by atoms with van der Waals surface area (Å²) in [5.41, 5.74) is 1.04. The minimum Gasteiger partial charge on any atom is -0.508 e. The third kappa shape index (κ3) is 4.42. The van der Waals surface area contributed by atoms with Crippen molar-refractivity contribution in [3.8, 4) is 11.5 Å². The maximum atomic E-state index is 12.0. The van der Waals surface area contributed by atoms with Gasteiger partial charge in [-0.2, -0.15) is 8.78 Å². The summed E-state index contributed by atoms with van der Waals surface area (Å²) in [4.78, 5) is 11.9. The van der Waals surface area contributed by atoms with Crippen molar-refractivity contribution >= 4 is 11.9 Å². The lowest BCUT2D eigenvalue weighted by Gasteiger charge is -2.04. The van der Waals surface area contributed by atoms with E-state index in [-0.39, 0.29) is 17.3 Å². The lowest BCUT2D eigenvalue weighted by atomic mass is 10.1. The van der Waals surface area contributed by atoms with Crippen LogP contribution in [0.1, 0.15) is 15.9 Å². The van der Waals surface area contributed by atoms with Crippen molar-refractivity contribution in [1.29, 1.82) is 0 Å². The number of carbonyl (C=O) groups is 1. The number of carbonyl (C=O) groups excluding carboxylic acids is 1. The molecule has 0 bridgehead atoms. The van der Waals surface area contributed by atoms with Crippen molar-refractivity contribution in [3.05, 3.63) is 65.7 Å². The largest absolute Gasteiger partial charge is 0.508 e. The molecule has 0 amide bonds. The molecule has 0 aromatic heterocycles. The van der Waals surface area contributed by atoms with Crippen molar-refractivity contribution < 1.29 is 23.4 Å². The Balaban J connectivity index is 2.06. The molecular weight excluding hydrogens is 278 g/mol. The maximum Gasteiger partial charge on any atom is 0.387 e. The molecule has 0 radical (unpaired) electrons. The Labute approximate surface area is 120 Å². The summed E-state index contributed by atoms with van der Waals surface area (Å²) in [5, 5.41) is 9.30. The third-order valence-corrected chi connectivity index (χ3v) is 2.66. The number of phenols is 1. The molecule has 0 aliphatic heterocycles. The number of alkyl halides is 2. The SMILES string of the molecule is O=C(/C=C/c1cccc(O)c1)c1ccc(OC(F)F)cc1. The van der Waals surface area contributed by atoms with Crippen LogP contribution < -0.4 is 4.74 Å². The number of ketones is 1. The first-order chi connectivity index (χ1) is 10.0. The monoisotopic (exact) mass is 290 g/mol. The second-order valence-electron chi connectivity index (χ2n) is 4.20. The molecule has 0 heterocycles. The molecule has 0 aliphatic rings. The fourth-order valence-corrected chi connectivity index (χ4v) is 1.70. The number of benzene rings is 2. The zero-order chi connectivity index (χ0) is 15.2. The summed E-state index contributed by atoms with van der Waals surface area (Å²) < 4.78 is 28.2. The highest BCUT2D eigenvalue weighted by Gasteiger charge is 2.06. The number of halogens is 2. The number of ether oxygens (including phenoxy) is 1. The first-order valence-electron chi connectivity index (χ1n) is 6.11. The van der Waals surface area contributed by atoms with E-state index in [0.29, 0.717) is 11.1 Å². The highest BCUT2D eigenvalue weighted by molar-refractivity contribution is 6.06. The Hall–Kier alpha value is -2.69. The molecule has 0 atom stereocenters. The number of aromatic hydroxyl groups is 1. The average Bonchev–Trinajstić information content (AvgIpc) is 2.45. The number of rotatable bonds is 5. The van der Waals surface area contributed by atoms with Crippen LogP contribution in [0, 0.1) is 0 Å². The molecule has 0 spiro atoms. The quantitative estimate of drug-likeness (QED) is 0.671. The Morgan fingerprint density at radius 1 is 1.14 bits per heavy atom. The maximum absolute atomic E-state index is 12.0. The lowest BCUT2D eigenvalue weighted by molar-refractivity contribution is -0.0498. The first-order valence-corrected chi connectivity index (χ1v) is 6.11. The van der Waals surface area contributed by atoms with Crippen LogP contribution in [-0.4, -0.2) is 17.5 Å². The van der Waals surface area contributed by atoms with Gasteiger partial charge < -0.3 is 9.84 Å². The fraction of sp³-hybridized carbons (Fsp3) is 0.0625. The van der Waals surface area contributed by atoms with Gasteiger partial charge in [-0.3, -0.25) is 4.79 Å². The zero-order valence-corrected chi connectivity index (χ0v) is 10.9. The van der Waals surface area contributed by atoms with Crippen LogP contribution in [0.15, 0.2) is 54.6 Å². The van der Waals surface area contributed by atoms with Crippen LogP contribution in [-0.2, 0) is 0 Å². The molecule has 2 aromatic rings. The molecule has 21 heavy (non-hydrogen) atoms. The van der Waals surface area contributed by atoms with Crippen LogP contribution >= 0.6 is 0 Å². The van der Waals surface area contributed by atoms with E-state index >= 15 is 0 Å². The summed E-state index contributed by atoms with van der Waals surface area (Å²) in [5.74, 6) is -0.168. The van der Waals surface area contributed by atoms with Crippen LogP contribution in [0.4, 0.5) is 8.78 Å². The zero-order valence-electron chi connectivity index (χ0n) is 10.9. The van der Waals surface area contributed by atoms with Gasteiger partial charge >= 0.3 is 6.61 Å². The number of phenolic OH excluding ortho intramolecular Hbond substituents is 1. The molecule has 0 saturated carbocycles. The molecule has 0 unspecified atom stereocenters. The van der Waals surface area contributed by atoms with E-state index in [2.05, 4.69) is 4.74 Å². The summed E-state index contributed by atoms with van der Waals surface area (Å²) >= 11 is 0. The molecule has 2 rings (SSSR count). The summed E-state index contributed by atoms with van der Waals surface area (Å²) in [7, 11) is 0. The van der Waals surface area contributed by atoms with Crippen LogP contribution in [0.3, 0.4) is 0 Å².